The highest BCUT2D eigenvalue weighted by Gasteiger charge is 2.20. The van der Waals surface area contributed by atoms with Crippen molar-refractivity contribution in [1.82, 2.24) is 4.98 Å². The molecule has 112 valence electrons. The Labute approximate surface area is 132 Å². The second kappa shape index (κ2) is 6.13. The van der Waals surface area contributed by atoms with Gasteiger partial charge in [-0.1, -0.05) is 6.07 Å². The summed E-state index contributed by atoms with van der Waals surface area (Å²) in [5.74, 6) is 0.225. The number of aliphatic hydroxyl groups is 1. The number of rotatable bonds is 4. The van der Waals surface area contributed by atoms with E-state index in [2.05, 4.69) is 25.6 Å². The van der Waals surface area contributed by atoms with E-state index in [-0.39, 0.29) is 17.3 Å². The van der Waals surface area contributed by atoms with Crippen LogP contribution in [0, 0.1) is 13.8 Å². The van der Waals surface area contributed by atoms with E-state index in [0.29, 0.717) is 15.6 Å². The third kappa shape index (κ3) is 3.42. The first-order valence-corrected chi connectivity index (χ1v) is 8.47. The monoisotopic (exact) mass is 370 g/mol. The Morgan fingerprint density at radius 3 is 2.62 bits per heavy atom. The summed E-state index contributed by atoms with van der Waals surface area (Å²) < 4.78 is 28.0. The zero-order chi connectivity index (χ0) is 15.6. The molecule has 21 heavy (non-hydrogen) atoms. The topological polar surface area (TPSA) is 79.3 Å². The number of halogens is 1. The second-order valence-corrected chi connectivity index (χ2v) is 7.15. The van der Waals surface area contributed by atoms with Crippen molar-refractivity contribution in [1.29, 1.82) is 0 Å². The molecule has 2 aromatic rings. The van der Waals surface area contributed by atoms with Crippen molar-refractivity contribution in [3.8, 4) is 0 Å². The first-order valence-electron chi connectivity index (χ1n) is 6.19. The van der Waals surface area contributed by atoms with Gasteiger partial charge in [-0.05, 0) is 64.7 Å². The van der Waals surface area contributed by atoms with Gasteiger partial charge in [0.15, 0.2) is 5.82 Å². The SMILES string of the molecule is Cc1cc(C)c(S(=O)(=O)Nc2ncccc2Br)cc1CO. The largest absolute Gasteiger partial charge is 0.392 e. The molecule has 0 aliphatic rings. The van der Waals surface area contributed by atoms with Crippen molar-refractivity contribution < 1.29 is 13.5 Å². The molecule has 0 spiro atoms. The Bertz CT molecular complexity index is 776. The van der Waals surface area contributed by atoms with E-state index < -0.39 is 10.0 Å². The van der Waals surface area contributed by atoms with Crippen molar-refractivity contribution in [2.24, 2.45) is 0 Å². The molecule has 2 N–H and O–H groups in total. The van der Waals surface area contributed by atoms with Gasteiger partial charge in [0.1, 0.15) is 0 Å². The zero-order valence-electron chi connectivity index (χ0n) is 11.6. The number of nitrogens with zero attached hydrogens (tertiary/aromatic N) is 1. The Hall–Kier alpha value is -1.44. The van der Waals surface area contributed by atoms with Crippen molar-refractivity contribution in [2.45, 2.75) is 25.3 Å². The maximum Gasteiger partial charge on any atom is 0.263 e. The predicted octanol–water partition coefficient (Wildman–Crippen LogP) is 2.75. The van der Waals surface area contributed by atoms with Crippen molar-refractivity contribution in [2.75, 3.05) is 4.72 Å². The second-order valence-electron chi connectivity index (χ2n) is 4.64. The molecule has 0 fully saturated rings. The number of benzene rings is 1. The van der Waals surface area contributed by atoms with Gasteiger partial charge in [0.25, 0.3) is 10.0 Å². The summed E-state index contributed by atoms with van der Waals surface area (Å²) >= 11 is 3.25. The van der Waals surface area contributed by atoms with E-state index >= 15 is 0 Å². The average molecular weight is 371 g/mol. The lowest BCUT2D eigenvalue weighted by Crippen LogP contribution is -2.16. The van der Waals surface area contributed by atoms with Crippen LogP contribution in [0.2, 0.25) is 0 Å². The minimum absolute atomic E-state index is 0.134. The lowest BCUT2D eigenvalue weighted by Gasteiger charge is -2.13. The highest BCUT2D eigenvalue weighted by Crippen LogP contribution is 2.25. The van der Waals surface area contributed by atoms with Crippen LogP contribution in [0.15, 0.2) is 39.8 Å². The summed E-state index contributed by atoms with van der Waals surface area (Å²) in [5.41, 5.74) is 2.05. The van der Waals surface area contributed by atoms with Gasteiger partial charge >= 0.3 is 0 Å². The lowest BCUT2D eigenvalue weighted by molar-refractivity contribution is 0.280. The fraction of sp³-hybridized carbons (Fsp3) is 0.214. The van der Waals surface area contributed by atoms with Crippen LogP contribution in [0.4, 0.5) is 5.82 Å². The number of pyridine rings is 1. The van der Waals surface area contributed by atoms with Gasteiger partial charge in [0.2, 0.25) is 0 Å². The van der Waals surface area contributed by atoms with Gasteiger partial charge in [-0.3, -0.25) is 4.72 Å². The number of hydrogen-bond donors (Lipinski definition) is 2. The van der Waals surface area contributed by atoms with E-state index in [9.17, 15) is 13.5 Å². The molecule has 0 atom stereocenters. The first kappa shape index (κ1) is 15.9. The molecule has 0 bridgehead atoms. The molecule has 0 saturated heterocycles. The number of aryl methyl sites for hydroxylation is 2. The minimum Gasteiger partial charge on any atom is -0.392 e. The Kier molecular flexibility index (Phi) is 4.65. The van der Waals surface area contributed by atoms with E-state index in [4.69, 9.17) is 0 Å². The Morgan fingerprint density at radius 1 is 1.29 bits per heavy atom. The van der Waals surface area contributed by atoms with Crippen LogP contribution in [0.25, 0.3) is 0 Å². The molecule has 1 aromatic carbocycles. The average Bonchev–Trinajstić information content (AvgIpc) is 2.41. The quantitative estimate of drug-likeness (QED) is 0.866. The van der Waals surface area contributed by atoms with E-state index in [1.54, 1.807) is 25.1 Å². The van der Waals surface area contributed by atoms with Crippen LogP contribution in [0.1, 0.15) is 16.7 Å². The van der Waals surface area contributed by atoms with Crippen LogP contribution < -0.4 is 4.72 Å². The van der Waals surface area contributed by atoms with Crippen molar-refractivity contribution >= 4 is 31.8 Å². The van der Waals surface area contributed by atoms with E-state index in [1.807, 2.05) is 6.92 Å². The van der Waals surface area contributed by atoms with Crippen molar-refractivity contribution in [3.63, 3.8) is 0 Å². The van der Waals surface area contributed by atoms with Crippen molar-refractivity contribution in [3.05, 3.63) is 51.6 Å². The maximum atomic E-state index is 12.5. The predicted molar refractivity (Wildman–Crippen MR) is 84.6 cm³/mol. The lowest BCUT2D eigenvalue weighted by atomic mass is 10.1. The summed E-state index contributed by atoms with van der Waals surface area (Å²) in [6.45, 7) is 3.34. The molecule has 1 aromatic heterocycles. The fourth-order valence-corrected chi connectivity index (χ4v) is 3.77. The summed E-state index contributed by atoms with van der Waals surface area (Å²) in [6.07, 6.45) is 1.50. The molecule has 0 aliphatic carbocycles. The molecule has 0 amide bonds. The third-order valence-corrected chi connectivity index (χ3v) is 5.20. The first-order chi connectivity index (χ1) is 9.85. The highest BCUT2D eigenvalue weighted by molar-refractivity contribution is 9.10. The number of aromatic nitrogens is 1. The Morgan fingerprint density at radius 2 is 2.00 bits per heavy atom. The molecule has 0 unspecified atom stereocenters. The third-order valence-electron chi connectivity index (χ3n) is 3.08. The maximum absolute atomic E-state index is 12.5. The minimum atomic E-state index is -3.77. The zero-order valence-corrected chi connectivity index (χ0v) is 14.0. The van der Waals surface area contributed by atoms with E-state index in [0.717, 1.165) is 5.56 Å². The van der Waals surface area contributed by atoms with Crippen LogP contribution in [0.5, 0.6) is 0 Å². The summed E-state index contributed by atoms with van der Waals surface area (Å²) in [7, 11) is -3.77. The molecule has 0 saturated carbocycles. The number of aliphatic hydroxyl groups excluding tert-OH is 1. The number of sulfonamides is 1. The fourth-order valence-electron chi connectivity index (χ4n) is 1.98. The van der Waals surface area contributed by atoms with Crippen LogP contribution in [0.3, 0.4) is 0 Å². The normalized spacial score (nSPS) is 11.4. The number of anilines is 1. The molecule has 2 rings (SSSR count). The van der Waals surface area contributed by atoms with Crippen LogP contribution in [-0.4, -0.2) is 18.5 Å². The van der Waals surface area contributed by atoms with Gasteiger partial charge in [-0.15, -0.1) is 0 Å². The van der Waals surface area contributed by atoms with Crippen LogP contribution in [-0.2, 0) is 16.6 Å². The highest BCUT2D eigenvalue weighted by atomic mass is 79.9. The molecule has 5 nitrogen and oxygen atoms in total. The molecule has 1 heterocycles. The summed E-state index contributed by atoms with van der Waals surface area (Å²) in [5, 5.41) is 9.30. The molecular weight excluding hydrogens is 356 g/mol. The molecular formula is C14H15BrN2O3S. The van der Waals surface area contributed by atoms with Gasteiger partial charge < -0.3 is 5.11 Å². The van der Waals surface area contributed by atoms with Crippen LogP contribution >= 0.6 is 15.9 Å². The van der Waals surface area contributed by atoms with Gasteiger partial charge in [-0.25, -0.2) is 13.4 Å². The van der Waals surface area contributed by atoms with E-state index in [1.165, 1.54) is 12.3 Å². The van der Waals surface area contributed by atoms with Gasteiger partial charge in [-0.2, -0.15) is 0 Å². The Balaban J connectivity index is 2.47. The smallest absolute Gasteiger partial charge is 0.263 e. The molecule has 0 radical (unpaired) electrons. The number of nitrogens with one attached hydrogen (secondary N) is 1. The molecule has 7 heteroatoms. The van der Waals surface area contributed by atoms with Gasteiger partial charge in [0.05, 0.1) is 16.0 Å². The summed E-state index contributed by atoms with van der Waals surface area (Å²) in [6, 6.07) is 6.63. The summed E-state index contributed by atoms with van der Waals surface area (Å²) in [4.78, 5) is 4.13. The van der Waals surface area contributed by atoms with Gasteiger partial charge in [0, 0.05) is 6.20 Å². The molecule has 0 aliphatic heterocycles. The standard InChI is InChI=1S/C14H15BrN2O3S/c1-9-6-10(2)13(7-11(9)8-18)21(19,20)17-14-12(15)4-3-5-16-14/h3-7,18H,8H2,1-2H3,(H,16,17). The number of hydrogen-bond acceptors (Lipinski definition) is 4.